The van der Waals surface area contributed by atoms with E-state index in [1.807, 2.05) is 19.1 Å². The fraction of sp³-hybridized carbons (Fsp3) is 0.222. The standard InChI is InChI=1S/C18H18FI/c1-12-9-13(2)16(5-4-8-20)17(10-12)15-6-7-18(19)14(3)11-15/h4-7,9-11H,8H2,1-3H3. The molecule has 0 spiro atoms. The Morgan fingerprint density at radius 2 is 1.80 bits per heavy atom. The van der Waals surface area contributed by atoms with Gasteiger partial charge in [0.1, 0.15) is 5.82 Å². The van der Waals surface area contributed by atoms with Crippen molar-refractivity contribution in [2.75, 3.05) is 4.43 Å². The molecule has 0 atom stereocenters. The summed E-state index contributed by atoms with van der Waals surface area (Å²) in [6.45, 7) is 6.03. The molecule has 104 valence electrons. The van der Waals surface area contributed by atoms with Crippen LogP contribution in [-0.2, 0) is 0 Å². The molecule has 0 saturated heterocycles. The van der Waals surface area contributed by atoms with Gasteiger partial charge >= 0.3 is 0 Å². The normalized spacial score (nSPS) is 11.2. The fourth-order valence-corrected chi connectivity index (χ4v) is 2.67. The molecule has 2 rings (SSSR count). The van der Waals surface area contributed by atoms with E-state index in [4.69, 9.17) is 0 Å². The summed E-state index contributed by atoms with van der Waals surface area (Å²) in [7, 11) is 0. The number of halogens is 2. The van der Waals surface area contributed by atoms with Gasteiger partial charge in [-0.2, -0.15) is 0 Å². The zero-order chi connectivity index (χ0) is 14.7. The maximum absolute atomic E-state index is 13.5. The van der Waals surface area contributed by atoms with E-state index in [2.05, 4.69) is 60.7 Å². The van der Waals surface area contributed by atoms with Crippen molar-refractivity contribution in [2.24, 2.45) is 0 Å². The molecule has 0 aliphatic rings. The lowest BCUT2D eigenvalue weighted by molar-refractivity contribution is 0.619. The SMILES string of the molecule is Cc1cc(C)c(C=CCI)c(-c2ccc(F)c(C)c2)c1. The molecule has 2 heteroatoms. The third-order valence-corrected chi connectivity index (χ3v) is 3.88. The van der Waals surface area contributed by atoms with Crippen molar-refractivity contribution in [2.45, 2.75) is 20.8 Å². The maximum atomic E-state index is 13.5. The second-order valence-corrected chi connectivity index (χ2v) is 5.94. The van der Waals surface area contributed by atoms with Crippen LogP contribution in [0.5, 0.6) is 0 Å². The number of benzene rings is 2. The Labute approximate surface area is 133 Å². The van der Waals surface area contributed by atoms with Crippen LogP contribution in [0.3, 0.4) is 0 Å². The quantitative estimate of drug-likeness (QED) is 0.462. The highest BCUT2D eigenvalue weighted by Crippen LogP contribution is 2.30. The first-order valence-corrected chi connectivity index (χ1v) is 8.15. The van der Waals surface area contributed by atoms with Gasteiger partial charge in [-0.15, -0.1) is 0 Å². The smallest absolute Gasteiger partial charge is 0.126 e. The highest BCUT2D eigenvalue weighted by molar-refractivity contribution is 14.1. The summed E-state index contributed by atoms with van der Waals surface area (Å²) >= 11 is 2.33. The van der Waals surface area contributed by atoms with Crippen molar-refractivity contribution in [3.63, 3.8) is 0 Å². The molecule has 0 aliphatic carbocycles. The van der Waals surface area contributed by atoms with E-state index in [1.54, 1.807) is 6.07 Å². The average Bonchev–Trinajstić information content (AvgIpc) is 2.40. The van der Waals surface area contributed by atoms with E-state index in [-0.39, 0.29) is 5.82 Å². The number of hydrogen-bond donors (Lipinski definition) is 0. The van der Waals surface area contributed by atoms with E-state index in [1.165, 1.54) is 22.3 Å². The minimum atomic E-state index is -0.150. The van der Waals surface area contributed by atoms with E-state index >= 15 is 0 Å². The minimum absolute atomic E-state index is 0.150. The molecule has 0 aliphatic heterocycles. The molecule has 2 aromatic carbocycles. The molecule has 20 heavy (non-hydrogen) atoms. The zero-order valence-electron chi connectivity index (χ0n) is 12.0. The topological polar surface area (TPSA) is 0 Å². The summed E-state index contributed by atoms with van der Waals surface area (Å²) in [6, 6.07) is 9.69. The van der Waals surface area contributed by atoms with Gasteiger partial charge in [0.25, 0.3) is 0 Å². The number of alkyl halides is 1. The third-order valence-electron chi connectivity index (χ3n) is 3.37. The fourth-order valence-electron chi connectivity index (χ4n) is 2.41. The monoisotopic (exact) mass is 380 g/mol. The third kappa shape index (κ3) is 3.29. The number of rotatable bonds is 3. The second-order valence-electron chi connectivity index (χ2n) is 5.06. The molecule has 0 saturated carbocycles. The highest BCUT2D eigenvalue weighted by Gasteiger charge is 2.08. The van der Waals surface area contributed by atoms with Crippen LogP contribution < -0.4 is 0 Å². The zero-order valence-corrected chi connectivity index (χ0v) is 14.2. The van der Waals surface area contributed by atoms with Gasteiger partial charge in [0.15, 0.2) is 0 Å². The first-order valence-electron chi connectivity index (χ1n) is 6.63. The van der Waals surface area contributed by atoms with Crippen molar-refractivity contribution in [3.8, 4) is 11.1 Å². The lowest BCUT2D eigenvalue weighted by Gasteiger charge is -2.12. The highest BCUT2D eigenvalue weighted by atomic mass is 127. The number of allylic oxidation sites excluding steroid dienone is 1. The molecule has 0 aromatic heterocycles. The summed E-state index contributed by atoms with van der Waals surface area (Å²) in [5, 5.41) is 0. The lowest BCUT2D eigenvalue weighted by Crippen LogP contribution is -1.92. The van der Waals surface area contributed by atoms with Gasteiger partial charge in [-0.1, -0.05) is 58.5 Å². The van der Waals surface area contributed by atoms with E-state index < -0.39 is 0 Å². The summed E-state index contributed by atoms with van der Waals surface area (Å²) in [5.41, 5.74) is 6.63. The van der Waals surface area contributed by atoms with Gasteiger partial charge in [0.05, 0.1) is 0 Å². The summed E-state index contributed by atoms with van der Waals surface area (Å²) in [4.78, 5) is 0. The van der Waals surface area contributed by atoms with Crippen molar-refractivity contribution in [1.29, 1.82) is 0 Å². The molecule has 0 bridgehead atoms. The van der Waals surface area contributed by atoms with Gasteiger partial charge in [0.2, 0.25) is 0 Å². The number of aryl methyl sites for hydroxylation is 3. The van der Waals surface area contributed by atoms with Crippen molar-refractivity contribution >= 4 is 28.7 Å². The van der Waals surface area contributed by atoms with Crippen LogP contribution in [0.25, 0.3) is 17.2 Å². The largest absolute Gasteiger partial charge is 0.207 e. The van der Waals surface area contributed by atoms with Gasteiger partial charge in [-0.25, -0.2) is 4.39 Å². The summed E-state index contributed by atoms with van der Waals surface area (Å²) < 4.78 is 14.4. The van der Waals surface area contributed by atoms with Crippen LogP contribution in [0.4, 0.5) is 4.39 Å². The molecule has 2 aromatic rings. The summed E-state index contributed by atoms with van der Waals surface area (Å²) in [5.74, 6) is -0.150. The Balaban J connectivity index is 2.64. The molecule has 0 radical (unpaired) electrons. The van der Waals surface area contributed by atoms with Gasteiger partial charge in [-0.3, -0.25) is 0 Å². The van der Waals surface area contributed by atoms with Crippen LogP contribution in [0, 0.1) is 26.6 Å². The van der Waals surface area contributed by atoms with Gasteiger partial charge < -0.3 is 0 Å². The molecular formula is C18H18FI. The minimum Gasteiger partial charge on any atom is -0.207 e. The predicted octanol–water partition coefficient (Wildman–Crippen LogP) is 5.87. The Morgan fingerprint density at radius 3 is 2.45 bits per heavy atom. The molecule has 0 heterocycles. The van der Waals surface area contributed by atoms with Crippen molar-refractivity contribution in [1.82, 2.24) is 0 Å². The summed E-state index contributed by atoms with van der Waals surface area (Å²) in [6.07, 6.45) is 4.31. The molecule has 0 N–H and O–H groups in total. The lowest BCUT2D eigenvalue weighted by atomic mass is 9.92. The molecule has 0 amide bonds. The number of hydrogen-bond acceptors (Lipinski definition) is 0. The van der Waals surface area contributed by atoms with Crippen LogP contribution in [-0.4, -0.2) is 4.43 Å². The first kappa shape index (κ1) is 15.2. The maximum Gasteiger partial charge on any atom is 0.126 e. The van der Waals surface area contributed by atoms with Crippen LogP contribution in [0.15, 0.2) is 36.4 Å². The van der Waals surface area contributed by atoms with Crippen LogP contribution in [0.1, 0.15) is 22.3 Å². The Hall–Kier alpha value is -1.16. The molecular weight excluding hydrogens is 362 g/mol. The van der Waals surface area contributed by atoms with E-state index in [0.717, 1.165) is 9.99 Å². The van der Waals surface area contributed by atoms with Crippen molar-refractivity contribution in [3.05, 3.63) is 64.5 Å². The predicted molar refractivity (Wildman–Crippen MR) is 94.0 cm³/mol. The average molecular weight is 380 g/mol. The van der Waals surface area contributed by atoms with E-state index in [9.17, 15) is 4.39 Å². The van der Waals surface area contributed by atoms with Gasteiger partial charge in [-0.05, 0) is 60.7 Å². The molecule has 0 unspecified atom stereocenters. The first-order chi connectivity index (χ1) is 9.52. The second kappa shape index (κ2) is 6.53. The molecule has 0 fully saturated rings. The molecule has 0 nitrogen and oxygen atoms in total. The van der Waals surface area contributed by atoms with Crippen LogP contribution >= 0.6 is 22.6 Å². The van der Waals surface area contributed by atoms with Crippen LogP contribution in [0.2, 0.25) is 0 Å². The Morgan fingerprint density at radius 1 is 1.05 bits per heavy atom. The van der Waals surface area contributed by atoms with E-state index in [0.29, 0.717) is 5.56 Å². The van der Waals surface area contributed by atoms with Gasteiger partial charge in [0, 0.05) is 4.43 Å². The van der Waals surface area contributed by atoms with Crippen molar-refractivity contribution < 1.29 is 4.39 Å². The Kier molecular flexibility index (Phi) is 4.97. The Bertz CT molecular complexity index is 657.